The van der Waals surface area contributed by atoms with Gasteiger partial charge in [-0.15, -0.1) is 11.3 Å². The van der Waals surface area contributed by atoms with Crippen LogP contribution in [-0.2, 0) is 4.79 Å². The fourth-order valence-electron chi connectivity index (χ4n) is 6.31. The first-order chi connectivity index (χ1) is 17.7. The van der Waals surface area contributed by atoms with Crippen LogP contribution in [0.3, 0.4) is 0 Å². The SMILES string of the molecule is CC[C@H](Nc1cc(Cl)cnc1C)c1ccc(C(=O)N[C@@H](CC2CCCC2)C(=O)NC23CC(C#N)(C2)C3)s1. The lowest BCUT2D eigenvalue weighted by atomic mass is 9.40. The molecule has 7 nitrogen and oxygen atoms in total. The van der Waals surface area contributed by atoms with Gasteiger partial charge in [-0.3, -0.25) is 14.6 Å². The molecule has 4 saturated carbocycles. The van der Waals surface area contributed by atoms with Crippen LogP contribution in [0.2, 0.25) is 5.02 Å². The Kier molecular flexibility index (Phi) is 7.21. The van der Waals surface area contributed by atoms with Gasteiger partial charge in [0, 0.05) is 16.6 Å². The second kappa shape index (κ2) is 10.3. The van der Waals surface area contributed by atoms with Crippen LogP contribution in [0.4, 0.5) is 5.69 Å². The number of pyridine rings is 1. The maximum Gasteiger partial charge on any atom is 0.262 e. The second-order valence-electron chi connectivity index (χ2n) is 11.2. The maximum atomic E-state index is 13.3. The molecule has 196 valence electrons. The van der Waals surface area contributed by atoms with Crippen molar-refractivity contribution >= 4 is 40.4 Å². The highest BCUT2D eigenvalue weighted by atomic mass is 35.5. The molecule has 0 spiro atoms. The van der Waals surface area contributed by atoms with Crippen LogP contribution < -0.4 is 16.0 Å². The number of rotatable bonds is 10. The third kappa shape index (κ3) is 5.35. The number of carbonyl (C=O) groups is 2. The lowest BCUT2D eigenvalue weighted by molar-refractivity contribution is -0.146. The van der Waals surface area contributed by atoms with Gasteiger partial charge in [0.2, 0.25) is 5.91 Å². The molecular weight excluding hydrogens is 506 g/mol. The summed E-state index contributed by atoms with van der Waals surface area (Å²) in [5.74, 6) is 0.132. The van der Waals surface area contributed by atoms with Crippen molar-refractivity contribution in [2.75, 3.05) is 5.32 Å². The molecule has 37 heavy (non-hydrogen) atoms. The van der Waals surface area contributed by atoms with E-state index in [9.17, 15) is 14.9 Å². The summed E-state index contributed by atoms with van der Waals surface area (Å²) in [5.41, 5.74) is 1.27. The van der Waals surface area contributed by atoms with Gasteiger partial charge in [0.05, 0.1) is 38.8 Å². The first-order valence-corrected chi connectivity index (χ1v) is 14.5. The van der Waals surface area contributed by atoms with Crippen molar-refractivity contribution in [3.8, 4) is 6.07 Å². The number of aryl methyl sites for hydroxylation is 1. The van der Waals surface area contributed by atoms with Crippen LogP contribution in [0, 0.1) is 29.6 Å². The zero-order valence-electron chi connectivity index (χ0n) is 21.4. The van der Waals surface area contributed by atoms with Crippen molar-refractivity contribution in [3.63, 3.8) is 0 Å². The highest BCUT2D eigenvalue weighted by molar-refractivity contribution is 7.14. The third-order valence-electron chi connectivity index (χ3n) is 8.31. The number of hydrogen-bond acceptors (Lipinski definition) is 6. The van der Waals surface area contributed by atoms with Gasteiger partial charge < -0.3 is 16.0 Å². The van der Waals surface area contributed by atoms with E-state index in [1.165, 1.54) is 24.2 Å². The molecule has 2 atom stereocenters. The summed E-state index contributed by atoms with van der Waals surface area (Å²) in [7, 11) is 0. The molecule has 0 aliphatic heterocycles. The molecule has 2 aromatic rings. The minimum Gasteiger partial charge on any atom is -0.376 e. The fourth-order valence-corrected chi connectivity index (χ4v) is 7.51. The molecule has 0 unspecified atom stereocenters. The number of nitrogens with zero attached hydrogens (tertiary/aromatic N) is 2. The number of amides is 2. The number of hydrogen-bond donors (Lipinski definition) is 3. The van der Waals surface area contributed by atoms with Crippen molar-refractivity contribution in [2.24, 2.45) is 11.3 Å². The lowest BCUT2D eigenvalue weighted by Crippen LogP contribution is -2.75. The Morgan fingerprint density at radius 3 is 2.68 bits per heavy atom. The molecule has 0 radical (unpaired) electrons. The van der Waals surface area contributed by atoms with Crippen LogP contribution in [0.25, 0.3) is 0 Å². The summed E-state index contributed by atoms with van der Waals surface area (Å²) in [6, 6.07) is 7.52. The molecule has 4 aliphatic rings. The zero-order valence-corrected chi connectivity index (χ0v) is 23.0. The van der Waals surface area contributed by atoms with E-state index in [0.717, 1.165) is 54.8 Å². The molecule has 2 heterocycles. The van der Waals surface area contributed by atoms with Gasteiger partial charge in [0.15, 0.2) is 0 Å². The molecule has 0 aromatic carbocycles. The number of thiophene rings is 1. The molecule has 4 aliphatic carbocycles. The van der Waals surface area contributed by atoms with E-state index < -0.39 is 6.04 Å². The van der Waals surface area contributed by atoms with Gasteiger partial charge >= 0.3 is 0 Å². The van der Waals surface area contributed by atoms with Gasteiger partial charge in [-0.25, -0.2) is 0 Å². The molecule has 3 N–H and O–H groups in total. The first-order valence-electron chi connectivity index (χ1n) is 13.3. The Balaban J connectivity index is 1.25. The highest BCUT2D eigenvalue weighted by Crippen LogP contribution is 2.66. The minimum absolute atomic E-state index is 0.0137. The number of nitrogens with one attached hydrogen (secondary N) is 3. The predicted molar refractivity (Wildman–Crippen MR) is 146 cm³/mol. The molecule has 2 aromatic heterocycles. The monoisotopic (exact) mass is 539 g/mol. The van der Waals surface area contributed by atoms with Gasteiger partial charge in [-0.05, 0) is 63.1 Å². The van der Waals surface area contributed by atoms with Crippen LogP contribution >= 0.6 is 22.9 Å². The van der Waals surface area contributed by atoms with E-state index in [2.05, 4.69) is 33.9 Å². The molecule has 4 fully saturated rings. The number of nitriles is 1. The molecule has 6 rings (SSSR count). The third-order valence-corrected chi connectivity index (χ3v) is 9.71. The summed E-state index contributed by atoms with van der Waals surface area (Å²) in [6.07, 6.45) is 9.88. The predicted octanol–water partition coefficient (Wildman–Crippen LogP) is 5.91. The van der Waals surface area contributed by atoms with E-state index in [4.69, 9.17) is 11.6 Å². The van der Waals surface area contributed by atoms with E-state index in [0.29, 0.717) is 22.2 Å². The average molecular weight is 540 g/mol. The molecule has 0 saturated heterocycles. The van der Waals surface area contributed by atoms with E-state index >= 15 is 0 Å². The standard InChI is InChI=1S/C28H34ClN5O2S/c1-3-20(32-21-11-19(29)12-31-17(21)2)23-8-9-24(37-23)26(36)33-22(10-18-6-4-5-7-18)25(35)34-28-13-27(14-28,15-28)16-30/h8-9,11-12,18,20,22,32H,3-7,10,13-15H2,1-2H3,(H,33,36)(H,34,35)/t20-,22-,27?,28?/m0/s1. The first kappa shape index (κ1) is 26.0. The molecule has 2 amide bonds. The van der Waals surface area contributed by atoms with Crippen molar-refractivity contribution in [1.29, 1.82) is 5.26 Å². The number of aromatic nitrogens is 1. The Labute approximate surface area is 227 Å². The highest BCUT2D eigenvalue weighted by Gasteiger charge is 2.69. The van der Waals surface area contributed by atoms with Crippen LogP contribution in [-0.4, -0.2) is 28.4 Å². The number of anilines is 1. The lowest BCUT2D eigenvalue weighted by Gasteiger charge is -2.67. The topological polar surface area (TPSA) is 107 Å². The Morgan fingerprint density at radius 1 is 1.27 bits per heavy atom. The average Bonchev–Trinajstić information content (AvgIpc) is 3.53. The van der Waals surface area contributed by atoms with Crippen LogP contribution in [0.15, 0.2) is 24.4 Å². The maximum absolute atomic E-state index is 13.3. The normalized spacial score (nSPS) is 25.8. The number of halogens is 1. The van der Waals surface area contributed by atoms with Crippen molar-refractivity contribution in [1.82, 2.24) is 15.6 Å². The molecular formula is C28H34ClN5O2S. The zero-order chi connectivity index (χ0) is 26.2. The Hall–Kier alpha value is -2.63. The number of carbonyl (C=O) groups excluding carboxylic acids is 2. The minimum atomic E-state index is -0.562. The summed E-state index contributed by atoms with van der Waals surface area (Å²) in [6.45, 7) is 4.02. The van der Waals surface area contributed by atoms with Crippen LogP contribution in [0.1, 0.15) is 91.0 Å². The van der Waals surface area contributed by atoms with E-state index in [-0.39, 0.29) is 28.8 Å². The van der Waals surface area contributed by atoms with Crippen molar-refractivity contribution in [3.05, 3.63) is 44.9 Å². The summed E-state index contributed by atoms with van der Waals surface area (Å²) in [4.78, 5) is 32.6. The fraction of sp³-hybridized carbons (Fsp3) is 0.571. The van der Waals surface area contributed by atoms with Gasteiger partial charge in [0.25, 0.3) is 5.91 Å². The Morgan fingerprint density at radius 2 is 2.00 bits per heavy atom. The quantitative estimate of drug-likeness (QED) is 0.348. The van der Waals surface area contributed by atoms with Gasteiger partial charge in [0.1, 0.15) is 6.04 Å². The van der Waals surface area contributed by atoms with Gasteiger partial charge in [-0.1, -0.05) is 44.2 Å². The van der Waals surface area contributed by atoms with Crippen molar-refractivity contribution in [2.45, 2.75) is 89.3 Å². The smallest absolute Gasteiger partial charge is 0.262 e. The molecule has 2 bridgehead atoms. The van der Waals surface area contributed by atoms with Crippen LogP contribution in [0.5, 0.6) is 0 Å². The summed E-state index contributed by atoms with van der Waals surface area (Å²) in [5, 5.41) is 19.6. The molecule has 9 heteroatoms. The summed E-state index contributed by atoms with van der Waals surface area (Å²) < 4.78 is 0. The summed E-state index contributed by atoms with van der Waals surface area (Å²) >= 11 is 7.58. The van der Waals surface area contributed by atoms with Gasteiger partial charge in [-0.2, -0.15) is 5.26 Å². The van der Waals surface area contributed by atoms with E-state index in [1.54, 1.807) is 6.20 Å². The largest absolute Gasteiger partial charge is 0.376 e. The second-order valence-corrected chi connectivity index (χ2v) is 12.7. The van der Waals surface area contributed by atoms with E-state index in [1.807, 2.05) is 25.1 Å². The van der Waals surface area contributed by atoms with Crippen molar-refractivity contribution < 1.29 is 9.59 Å². The Bertz CT molecular complexity index is 1210.